The van der Waals surface area contributed by atoms with Crippen LogP contribution in [-0.4, -0.2) is 16.4 Å². The molecule has 1 aromatic heterocycles. The molecular weight excluding hydrogens is 386 g/mol. The molecule has 0 aliphatic heterocycles. The lowest BCUT2D eigenvalue weighted by Crippen LogP contribution is -2.45. The lowest BCUT2D eigenvalue weighted by molar-refractivity contribution is 0.0909. The average molecular weight is 406 g/mol. The van der Waals surface area contributed by atoms with Crippen molar-refractivity contribution in [2.24, 2.45) is 0 Å². The van der Waals surface area contributed by atoms with E-state index in [9.17, 15) is 18.4 Å². The van der Waals surface area contributed by atoms with Gasteiger partial charge >= 0.3 is 0 Å². The number of pyridine rings is 1. The number of rotatable bonds is 4. The molecule has 152 valence electrons. The monoisotopic (exact) mass is 406 g/mol. The lowest BCUT2D eigenvalue weighted by atomic mass is 9.94. The number of H-pyrrole nitrogens is 1. The molecule has 1 heterocycles. The third-order valence-electron chi connectivity index (χ3n) is 5.05. The van der Waals surface area contributed by atoms with Crippen molar-refractivity contribution in [1.29, 1.82) is 0 Å². The van der Waals surface area contributed by atoms with Crippen molar-refractivity contribution >= 4 is 27.7 Å². The maximum absolute atomic E-state index is 14.7. The Morgan fingerprint density at radius 1 is 0.967 bits per heavy atom. The van der Waals surface area contributed by atoms with Crippen molar-refractivity contribution in [3.05, 3.63) is 93.6 Å². The minimum atomic E-state index is -0.765. The Morgan fingerprint density at radius 3 is 2.40 bits per heavy atom. The Kier molecular flexibility index (Phi) is 4.86. The standard InChI is InChI=1S/C24H20F2N2O2/c1-24(2,13-14-7-9-15(25)10-8-14)28-23(30)17-12-21-18(11-19(17)26)22(29)16-5-3-4-6-20(16)27-21/h3-12H,13H2,1-2H3,(H,27,29)(H,28,30). The van der Waals surface area contributed by atoms with E-state index in [2.05, 4.69) is 10.3 Å². The van der Waals surface area contributed by atoms with Crippen LogP contribution in [0.2, 0.25) is 0 Å². The summed E-state index contributed by atoms with van der Waals surface area (Å²) in [6, 6.07) is 15.4. The van der Waals surface area contributed by atoms with Crippen LogP contribution in [0.15, 0.2) is 65.5 Å². The molecule has 0 aliphatic rings. The molecule has 2 N–H and O–H groups in total. The van der Waals surface area contributed by atoms with Gasteiger partial charge in [-0.05, 0) is 62.2 Å². The number of aromatic nitrogens is 1. The predicted octanol–water partition coefficient (Wildman–Crippen LogP) is 4.71. The Labute approximate surface area is 171 Å². The van der Waals surface area contributed by atoms with Crippen molar-refractivity contribution in [2.75, 3.05) is 0 Å². The third kappa shape index (κ3) is 3.81. The van der Waals surface area contributed by atoms with E-state index < -0.39 is 17.3 Å². The first-order valence-electron chi connectivity index (χ1n) is 9.55. The molecule has 4 rings (SSSR count). The maximum atomic E-state index is 14.7. The summed E-state index contributed by atoms with van der Waals surface area (Å²) < 4.78 is 27.9. The van der Waals surface area contributed by atoms with Gasteiger partial charge in [0.05, 0.1) is 11.1 Å². The number of carbonyl (C=O) groups is 1. The van der Waals surface area contributed by atoms with Crippen molar-refractivity contribution in [3.8, 4) is 0 Å². The van der Waals surface area contributed by atoms with Crippen LogP contribution in [0.5, 0.6) is 0 Å². The van der Waals surface area contributed by atoms with Crippen LogP contribution in [0.4, 0.5) is 8.78 Å². The molecule has 1 amide bonds. The zero-order valence-electron chi connectivity index (χ0n) is 16.6. The molecule has 0 fully saturated rings. The van der Waals surface area contributed by atoms with Gasteiger partial charge in [0.25, 0.3) is 5.91 Å². The van der Waals surface area contributed by atoms with Gasteiger partial charge in [-0.15, -0.1) is 0 Å². The molecule has 4 nitrogen and oxygen atoms in total. The van der Waals surface area contributed by atoms with E-state index >= 15 is 0 Å². The van der Waals surface area contributed by atoms with E-state index in [1.807, 2.05) is 13.8 Å². The van der Waals surface area contributed by atoms with E-state index in [-0.39, 0.29) is 22.2 Å². The van der Waals surface area contributed by atoms with Crippen molar-refractivity contribution in [1.82, 2.24) is 10.3 Å². The Morgan fingerprint density at radius 2 is 1.67 bits per heavy atom. The summed E-state index contributed by atoms with van der Waals surface area (Å²) in [5.74, 6) is -1.69. The van der Waals surface area contributed by atoms with E-state index in [0.717, 1.165) is 11.6 Å². The van der Waals surface area contributed by atoms with E-state index in [1.54, 1.807) is 36.4 Å². The van der Waals surface area contributed by atoms with Gasteiger partial charge < -0.3 is 10.3 Å². The van der Waals surface area contributed by atoms with E-state index in [1.165, 1.54) is 18.2 Å². The second kappa shape index (κ2) is 7.37. The second-order valence-corrected chi connectivity index (χ2v) is 8.02. The van der Waals surface area contributed by atoms with E-state index in [4.69, 9.17) is 0 Å². The summed E-state index contributed by atoms with van der Waals surface area (Å²) in [6.45, 7) is 3.62. The summed E-state index contributed by atoms with van der Waals surface area (Å²) in [5, 5.41) is 3.48. The number of hydrogen-bond donors (Lipinski definition) is 2. The fourth-order valence-corrected chi connectivity index (χ4v) is 3.65. The first-order chi connectivity index (χ1) is 14.2. The summed E-state index contributed by atoms with van der Waals surface area (Å²) in [5.41, 5.74) is 0.706. The minimum Gasteiger partial charge on any atom is -0.354 e. The highest BCUT2D eigenvalue weighted by molar-refractivity contribution is 6.00. The Hall–Kier alpha value is -3.54. The molecule has 6 heteroatoms. The molecule has 0 aliphatic carbocycles. The minimum absolute atomic E-state index is 0.152. The number of amides is 1. The van der Waals surface area contributed by atoms with Crippen LogP contribution < -0.4 is 10.7 Å². The van der Waals surface area contributed by atoms with E-state index in [0.29, 0.717) is 22.8 Å². The van der Waals surface area contributed by atoms with Crippen molar-refractivity contribution in [2.45, 2.75) is 25.8 Å². The molecular formula is C24H20F2N2O2. The Bertz CT molecular complexity index is 1330. The zero-order chi connectivity index (χ0) is 21.5. The van der Waals surface area contributed by atoms with Crippen LogP contribution in [-0.2, 0) is 6.42 Å². The number of nitrogens with one attached hydrogen (secondary N) is 2. The van der Waals surface area contributed by atoms with Gasteiger partial charge in [-0.25, -0.2) is 8.78 Å². The Balaban J connectivity index is 1.67. The van der Waals surface area contributed by atoms with Gasteiger partial charge in [-0.2, -0.15) is 0 Å². The smallest absolute Gasteiger partial charge is 0.254 e. The molecule has 30 heavy (non-hydrogen) atoms. The molecule has 3 aromatic carbocycles. The van der Waals surface area contributed by atoms with Crippen LogP contribution >= 0.6 is 0 Å². The quantitative estimate of drug-likeness (QED) is 0.482. The first kappa shape index (κ1) is 19.8. The largest absolute Gasteiger partial charge is 0.354 e. The number of benzene rings is 3. The molecule has 0 saturated heterocycles. The normalized spacial score (nSPS) is 11.7. The summed E-state index contributed by atoms with van der Waals surface area (Å²) in [6.07, 6.45) is 0.440. The third-order valence-corrected chi connectivity index (χ3v) is 5.05. The molecule has 0 saturated carbocycles. The number of fused-ring (bicyclic) bond motifs is 2. The van der Waals surface area contributed by atoms with Crippen LogP contribution in [0, 0.1) is 11.6 Å². The van der Waals surface area contributed by atoms with Crippen LogP contribution in [0.1, 0.15) is 29.8 Å². The van der Waals surface area contributed by atoms with Gasteiger partial charge in [-0.3, -0.25) is 9.59 Å². The number of para-hydroxylation sites is 1. The topological polar surface area (TPSA) is 62.0 Å². The second-order valence-electron chi connectivity index (χ2n) is 8.02. The number of hydrogen-bond acceptors (Lipinski definition) is 2. The van der Waals surface area contributed by atoms with Gasteiger partial charge in [0, 0.05) is 21.8 Å². The fourth-order valence-electron chi connectivity index (χ4n) is 3.65. The molecule has 0 bridgehead atoms. The molecule has 0 spiro atoms. The number of aromatic amines is 1. The lowest BCUT2D eigenvalue weighted by Gasteiger charge is -2.26. The van der Waals surface area contributed by atoms with Crippen LogP contribution in [0.3, 0.4) is 0 Å². The number of halogens is 2. The van der Waals surface area contributed by atoms with Gasteiger partial charge in [0.1, 0.15) is 11.6 Å². The summed E-state index contributed by atoms with van der Waals surface area (Å²) in [7, 11) is 0. The number of carbonyl (C=O) groups excluding carboxylic acids is 1. The first-order valence-corrected chi connectivity index (χ1v) is 9.55. The molecule has 0 atom stereocenters. The summed E-state index contributed by atoms with van der Waals surface area (Å²) in [4.78, 5) is 28.6. The molecule has 0 radical (unpaired) electrons. The highest BCUT2D eigenvalue weighted by Crippen LogP contribution is 2.20. The summed E-state index contributed by atoms with van der Waals surface area (Å²) >= 11 is 0. The maximum Gasteiger partial charge on any atom is 0.254 e. The zero-order valence-corrected chi connectivity index (χ0v) is 16.6. The highest BCUT2D eigenvalue weighted by Gasteiger charge is 2.24. The SMILES string of the molecule is CC(C)(Cc1ccc(F)cc1)NC(=O)c1cc2[nH]c3ccccc3c(=O)c2cc1F. The van der Waals surface area contributed by atoms with Crippen LogP contribution in [0.25, 0.3) is 21.8 Å². The molecule has 4 aromatic rings. The van der Waals surface area contributed by atoms with Gasteiger partial charge in [-0.1, -0.05) is 24.3 Å². The molecule has 0 unspecified atom stereocenters. The van der Waals surface area contributed by atoms with Gasteiger partial charge in [0.15, 0.2) is 5.43 Å². The highest BCUT2D eigenvalue weighted by atomic mass is 19.1. The fraction of sp³-hybridized carbons (Fsp3) is 0.167. The average Bonchev–Trinajstić information content (AvgIpc) is 2.69. The van der Waals surface area contributed by atoms with Crippen molar-refractivity contribution < 1.29 is 13.6 Å². The van der Waals surface area contributed by atoms with Gasteiger partial charge in [0.2, 0.25) is 0 Å². The predicted molar refractivity (Wildman–Crippen MR) is 114 cm³/mol. The van der Waals surface area contributed by atoms with Crippen molar-refractivity contribution in [3.63, 3.8) is 0 Å².